The molecule has 0 amide bonds. The minimum absolute atomic E-state index is 1.04. The molecule has 0 spiro atoms. The molecule has 0 heterocycles. The predicted octanol–water partition coefficient (Wildman–Crippen LogP) is 3.25. The Morgan fingerprint density at radius 2 is 2.00 bits per heavy atom. The van der Waals surface area contributed by atoms with E-state index < -0.39 is 0 Å². The smallest absolute Gasteiger partial charge is 0.0209 e. The van der Waals surface area contributed by atoms with Crippen LogP contribution in [0.3, 0.4) is 0 Å². The van der Waals surface area contributed by atoms with E-state index in [1.165, 1.54) is 5.56 Å². The number of likely N-dealkylation sites (N-methyl/N-ethyl adjacent to an activating group) is 1. The largest absolute Gasteiger partial charge is 0.380 e. The first-order chi connectivity index (χ1) is 7.18. The van der Waals surface area contributed by atoms with Crippen LogP contribution >= 0.6 is 0 Å². The molecule has 1 aromatic rings. The van der Waals surface area contributed by atoms with E-state index in [1.54, 1.807) is 0 Å². The van der Waals surface area contributed by atoms with Gasteiger partial charge in [-0.05, 0) is 31.2 Å². The van der Waals surface area contributed by atoms with Gasteiger partial charge in [0, 0.05) is 13.6 Å². The molecule has 1 nitrogen and oxygen atoms in total. The van der Waals surface area contributed by atoms with Gasteiger partial charge in [0.25, 0.3) is 0 Å². The molecule has 1 aromatic carbocycles. The van der Waals surface area contributed by atoms with E-state index in [-0.39, 0.29) is 0 Å². The Bertz CT molecular complexity index is 324. The Morgan fingerprint density at radius 1 is 1.33 bits per heavy atom. The second kappa shape index (κ2) is 6.07. The third-order valence-electron chi connectivity index (χ3n) is 2.21. The van der Waals surface area contributed by atoms with E-state index in [4.69, 9.17) is 0 Å². The fraction of sp³-hybridized carbons (Fsp3) is 0.286. The van der Waals surface area contributed by atoms with Crippen LogP contribution in [0.15, 0.2) is 54.8 Å². The molecule has 15 heavy (non-hydrogen) atoms. The summed E-state index contributed by atoms with van der Waals surface area (Å²) in [6.07, 6.45) is 5.19. The number of hydrogen-bond donors (Lipinski definition) is 0. The van der Waals surface area contributed by atoms with Crippen LogP contribution in [0, 0.1) is 0 Å². The zero-order chi connectivity index (χ0) is 11.1. The average Bonchev–Trinajstić information content (AvgIpc) is 2.25. The molecule has 0 unspecified atom stereocenters. The van der Waals surface area contributed by atoms with Gasteiger partial charge in [0.15, 0.2) is 0 Å². The molecule has 0 aliphatic carbocycles. The number of allylic oxidation sites excluding steroid dienone is 2. The van der Waals surface area contributed by atoms with Gasteiger partial charge in [0.05, 0.1) is 0 Å². The first-order valence-corrected chi connectivity index (χ1v) is 5.26. The number of benzene rings is 1. The first kappa shape index (κ1) is 11.6. The van der Waals surface area contributed by atoms with Crippen molar-refractivity contribution in [2.24, 2.45) is 0 Å². The molecule has 0 saturated heterocycles. The second-order valence-electron chi connectivity index (χ2n) is 3.88. The number of hydrogen-bond acceptors (Lipinski definition) is 1. The van der Waals surface area contributed by atoms with Gasteiger partial charge in [-0.15, -0.1) is 0 Å². The van der Waals surface area contributed by atoms with Crippen molar-refractivity contribution in [2.75, 3.05) is 13.6 Å². The van der Waals surface area contributed by atoms with Crippen molar-refractivity contribution in [3.63, 3.8) is 0 Å². The molecule has 1 rings (SSSR count). The van der Waals surface area contributed by atoms with Gasteiger partial charge in [-0.25, -0.2) is 0 Å². The van der Waals surface area contributed by atoms with Crippen LogP contribution in [0.4, 0.5) is 0 Å². The van der Waals surface area contributed by atoms with Crippen LogP contribution in [0.2, 0.25) is 0 Å². The van der Waals surface area contributed by atoms with E-state index >= 15 is 0 Å². The van der Waals surface area contributed by atoms with Crippen molar-refractivity contribution in [3.8, 4) is 0 Å². The molecule has 1 heteroatoms. The lowest BCUT2D eigenvalue weighted by Gasteiger charge is -2.13. The van der Waals surface area contributed by atoms with Gasteiger partial charge in [0.1, 0.15) is 0 Å². The molecular formula is C14H19N. The van der Waals surface area contributed by atoms with Crippen molar-refractivity contribution in [2.45, 2.75) is 13.3 Å². The lowest BCUT2D eigenvalue weighted by Crippen LogP contribution is -2.14. The van der Waals surface area contributed by atoms with Gasteiger partial charge in [0.2, 0.25) is 0 Å². The molecule has 0 bridgehead atoms. The highest BCUT2D eigenvalue weighted by Crippen LogP contribution is 2.01. The molecule has 80 valence electrons. The van der Waals surface area contributed by atoms with Gasteiger partial charge in [-0.3, -0.25) is 0 Å². The predicted molar refractivity (Wildman–Crippen MR) is 66.7 cm³/mol. The lowest BCUT2D eigenvalue weighted by atomic mass is 10.1. The molecule has 0 radical (unpaired) electrons. The summed E-state index contributed by atoms with van der Waals surface area (Å²) in [4.78, 5) is 2.18. The van der Waals surface area contributed by atoms with E-state index in [2.05, 4.69) is 49.0 Å². The molecule has 0 aromatic heterocycles. The van der Waals surface area contributed by atoms with Crippen molar-refractivity contribution in [1.82, 2.24) is 4.90 Å². The van der Waals surface area contributed by atoms with E-state index in [0.29, 0.717) is 0 Å². The van der Waals surface area contributed by atoms with Crippen molar-refractivity contribution >= 4 is 0 Å². The summed E-state index contributed by atoms with van der Waals surface area (Å²) in [7, 11) is 2.09. The number of rotatable bonds is 5. The highest BCUT2D eigenvalue weighted by Gasteiger charge is 1.93. The zero-order valence-corrected chi connectivity index (χ0v) is 9.61. The van der Waals surface area contributed by atoms with Crippen molar-refractivity contribution in [3.05, 3.63) is 60.3 Å². The Kier molecular flexibility index (Phi) is 4.69. The highest BCUT2D eigenvalue weighted by atomic mass is 15.1. The summed E-state index contributed by atoms with van der Waals surface area (Å²) in [6.45, 7) is 6.87. The maximum absolute atomic E-state index is 3.83. The van der Waals surface area contributed by atoms with Crippen LogP contribution in [0.25, 0.3) is 0 Å². The lowest BCUT2D eigenvalue weighted by molar-refractivity contribution is 0.460. The fourth-order valence-electron chi connectivity index (χ4n) is 1.28. The summed E-state index contributed by atoms with van der Waals surface area (Å²) in [5.41, 5.74) is 2.47. The summed E-state index contributed by atoms with van der Waals surface area (Å²) >= 11 is 0. The average molecular weight is 201 g/mol. The quantitative estimate of drug-likeness (QED) is 0.661. The summed E-state index contributed by atoms with van der Waals surface area (Å²) < 4.78 is 0. The maximum Gasteiger partial charge on any atom is 0.0209 e. The summed E-state index contributed by atoms with van der Waals surface area (Å²) in [6, 6.07) is 10.5. The van der Waals surface area contributed by atoms with E-state index in [0.717, 1.165) is 18.5 Å². The Hall–Kier alpha value is -1.50. The standard InChI is InChI=1S/C14H19N/c1-13(2)9-11-15(3)12-10-14-7-5-4-6-8-14/h4-9,11H,1,10,12H2,2-3H3/b11-9-. The van der Waals surface area contributed by atoms with Gasteiger partial charge >= 0.3 is 0 Å². The molecule has 0 N–H and O–H groups in total. The molecular weight excluding hydrogens is 182 g/mol. The van der Waals surface area contributed by atoms with Crippen LogP contribution in [-0.2, 0) is 6.42 Å². The normalized spacial score (nSPS) is 10.5. The second-order valence-corrected chi connectivity index (χ2v) is 3.88. The van der Waals surface area contributed by atoms with Gasteiger partial charge < -0.3 is 4.90 Å². The van der Waals surface area contributed by atoms with E-state index in [9.17, 15) is 0 Å². The van der Waals surface area contributed by atoms with E-state index in [1.807, 2.05) is 19.1 Å². The van der Waals surface area contributed by atoms with Gasteiger partial charge in [-0.1, -0.05) is 42.5 Å². The van der Waals surface area contributed by atoms with Gasteiger partial charge in [-0.2, -0.15) is 0 Å². The number of nitrogens with zero attached hydrogens (tertiary/aromatic N) is 1. The third kappa shape index (κ3) is 5.06. The Balaban J connectivity index is 2.34. The minimum Gasteiger partial charge on any atom is -0.380 e. The molecule has 0 saturated carbocycles. The molecule has 0 atom stereocenters. The van der Waals surface area contributed by atoms with Crippen molar-refractivity contribution < 1.29 is 0 Å². The SMILES string of the molecule is C=C(C)/C=C\N(C)CCc1ccccc1. The van der Waals surface area contributed by atoms with Crippen LogP contribution in [-0.4, -0.2) is 18.5 Å². The molecule has 0 aliphatic heterocycles. The monoisotopic (exact) mass is 201 g/mol. The Morgan fingerprint density at radius 3 is 2.60 bits per heavy atom. The fourth-order valence-corrected chi connectivity index (χ4v) is 1.28. The van der Waals surface area contributed by atoms with Crippen molar-refractivity contribution in [1.29, 1.82) is 0 Å². The first-order valence-electron chi connectivity index (χ1n) is 5.26. The summed E-state index contributed by atoms with van der Waals surface area (Å²) in [5.74, 6) is 0. The maximum atomic E-state index is 3.83. The highest BCUT2D eigenvalue weighted by molar-refractivity contribution is 5.15. The van der Waals surface area contributed by atoms with Crippen LogP contribution in [0.5, 0.6) is 0 Å². The van der Waals surface area contributed by atoms with Crippen LogP contribution < -0.4 is 0 Å². The molecule has 0 aliphatic rings. The zero-order valence-electron chi connectivity index (χ0n) is 9.61. The summed E-state index contributed by atoms with van der Waals surface area (Å²) in [5, 5.41) is 0. The minimum atomic E-state index is 1.04. The van der Waals surface area contributed by atoms with Crippen LogP contribution in [0.1, 0.15) is 12.5 Å². The topological polar surface area (TPSA) is 3.24 Å². The molecule has 0 fully saturated rings. The Labute approximate surface area is 92.7 Å². The third-order valence-corrected chi connectivity index (χ3v) is 2.21.